The van der Waals surface area contributed by atoms with Crippen molar-refractivity contribution in [2.75, 3.05) is 26.8 Å². The zero-order chi connectivity index (χ0) is 15.1. The van der Waals surface area contributed by atoms with Crippen molar-refractivity contribution in [2.24, 2.45) is 5.41 Å². The number of benzene rings is 1. The van der Waals surface area contributed by atoms with Crippen LogP contribution in [0.5, 0.6) is 0 Å². The highest BCUT2D eigenvalue weighted by Gasteiger charge is 2.32. The van der Waals surface area contributed by atoms with Crippen molar-refractivity contribution in [1.29, 1.82) is 0 Å². The van der Waals surface area contributed by atoms with E-state index in [1.54, 1.807) is 7.11 Å². The third kappa shape index (κ3) is 4.85. The van der Waals surface area contributed by atoms with Crippen molar-refractivity contribution in [3.8, 4) is 0 Å². The fourth-order valence-corrected chi connectivity index (χ4v) is 3.72. The number of nitrogens with one attached hydrogen (secondary N) is 1. The first-order valence-electron chi connectivity index (χ1n) is 7.79. The zero-order valence-electron chi connectivity index (χ0n) is 12.8. The molecular formula is C17H25Cl2NO. The Balaban J connectivity index is 2.06. The largest absolute Gasteiger partial charge is 0.383 e. The van der Waals surface area contributed by atoms with Gasteiger partial charge in [0.15, 0.2) is 0 Å². The highest BCUT2D eigenvalue weighted by atomic mass is 35.5. The molecule has 1 N–H and O–H groups in total. The molecule has 2 rings (SSSR count). The maximum Gasteiger partial charge on any atom is 0.0624 e. The predicted octanol–water partition coefficient (Wildman–Crippen LogP) is 4.72. The third-order valence-electron chi connectivity index (χ3n) is 4.49. The van der Waals surface area contributed by atoms with Gasteiger partial charge in [-0.05, 0) is 36.3 Å². The molecule has 0 aliphatic heterocycles. The molecule has 0 atom stereocenters. The van der Waals surface area contributed by atoms with Crippen molar-refractivity contribution >= 4 is 23.2 Å². The second kappa shape index (κ2) is 8.38. The monoisotopic (exact) mass is 329 g/mol. The van der Waals surface area contributed by atoms with Gasteiger partial charge in [0.2, 0.25) is 0 Å². The quantitative estimate of drug-likeness (QED) is 0.730. The summed E-state index contributed by atoms with van der Waals surface area (Å²) >= 11 is 12.5. The summed E-state index contributed by atoms with van der Waals surface area (Å²) in [5.74, 6) is 0. The molecule has 118 valence electrons. The van der Waals surface area contributed by atoms with E-state index in [0.29, 0.717) is 10.4 Å². The van der Waals surface area contributed by atoms with Crippen LogP contribution in [0.15, 0.2) is 18.2 Å². The second-order valence-corrected chi connectivity index (χ2v) is 6.91. The van der Waals surface area contributed by atoms with Gasteiger partial charge in [0.25, 0.3) is 0 Å². The first-order valence-corrected chi connectivity index (χ1v) is 8.55. The molecule has 1 aliphatic carbocycles. The third-order valence-corrected chi connectivity index (χ3v) is 5.35. The Kier molecular flexibility index (Phi) is 6.81. The number of rotatable bonds is 7. The summed E-state index contributed by atoms with van der Waals surface area (Å²) in [6, 6.07) is 5.97. The Morgan fingerprint density at radius 3 is 2.67 bits per heavy atom. The van der Waals surface area contributed by atoms with E-state index in [1.807, 2.05) is 12.1 Å². The van der Waals surface area contributed by atoms with Gasteiger partial charge in [0.05, 0.1) is 16.7 Å². The molecule has 1 aromatic rings. The summed E-state index contributed by atoms with van der Waals surface area (Å²) in [5.41, 5.74) is 1.49. The summed E-state index contributed by atoms with van der Waals surface area (Å²) in [5, 5.41) is 4.93. The Hall–Kier alpha value is -0.280. The summed E-state index contributed by atoms with van der Waals surface area (Å²) < 4.78 is 5.12. The van der Waals surface area contributed by atoms with E-state index < -0.39 is 0 Å². The predicted molar refractivity (Wildman–Crippen MR) is 90.4 cm³/mol. The smallest absolute Gasteiger partial charge is 0.0624 e. The first kappa shape index (κ1) is 17.1. The van der Waals surface area contributed by atoms with Gasteiger partial charge in [-0.2, -0.15) is 0 Å². The lowest BCUT2D eigenvalue weighted by molar-refractivity contribution is 0.162. The van der Waals surface area contributed by atoms with Crippen molar-refractivity contribution in [1.82, 2.24) is 5.32 Å². The van der Waals surface area contributed by atoms with Crippen LogP contribution in [0.3, 0.4) is 0 Å². The molecule has 0 spiro atoms. The van der Waals surface area contributed by atoms with Crippen LogP contribution in [0.25, 0.3) is 0 Å². The van der Waals surface area contributed by atoms with Gasteiger partial charge < -0.3 is 10.1 Å². The summed E-state index contributed by atoms with van der Waals surface area (Å²) in [7, 11) is 1.74. The van der Waals surface area contributed by atoms with Crippen LogP contribution in [-0.4, -0.2) is 26.8 Å². The van der Waals surface area contributed by atoms with E-state index in [2.05, 4.69) is 11.4 Å². The van der Waals surface area contributed by atoms with Crippen LogP contribution in [0, 0.1) is 5.41 Å². The number of ether oxygens (including phenoxy) is 1. The molecule has 21 heavy (non-hydrogen) atoms. The van der Waals surface area contributed by atoms with E-state index in [0.717, 1.165) is 31.1 Å². The molecule has 2 nitrogen and oxygen atoms in total. The van der Waals surface area contributed by atoms with Gasteiger partial charge >= 0.3 is 0 Å². The molecule has 0 unspecified atom stereocenters. The standard InChI is InChI=1S/C17H25Cl2NO/c1-21-11-10-20-13-17(8-3-2-4-9-17)12-14-6-5-7-15(18)16(14)19/h5-7,20H,2-4,8-13H2,1H3. The van der Waals surface area contributed by atoms with Crippen molar-refractivity contribution in [2.45, 2.75) is 38.5 Å². The van der Waals surface area contributed by atoms with E-state index in [4.69, 9.17) is 27.9 Å². The van der Waals surface area contributed by atoms with Gasteiger partial charge in [-0.1, -0.05) is 54.6 Å². The lowest BCUT2D eigenvalue weighted by Crippen LogP contribution is -2.39. The van der Waals surface area contributed by atoms with Crippen molar-refractivity contribution < 1.29 is 4.74 Å². The summed E-state index contributed by atoms with van der Waals surface area (Å²) in [6.45, 7) is 2.69. The minimum Gasteiger partial charge on any atom is -0.383 e. The fourth-order valence-electron chi connectivity index (χ4n) is 3.33. The number of hydrogen-bond acceptors (Lipinski definition) is 2. The van der Waals surface area contributed by atoms with Crippen LogP contribution in [0.2, 0.25) is 10.0 Å². The fraction of sp³-hybridized carbons (Fsp3) is 0.647. The Bertz CT molecular complexity index is 444. The first-order chi connectivity index (χ1) is 10.2. The molecule has 0 radical (unpaired) electrons. The molecule has 0 heterocycles. The van der Waals surface area contributed by atoms with Crippen LogP contribution in [0.1, 0.15) is 37.7 Å². The molecule has 0 saturated heterocycles. The van der Waals surface area contributed by atoms with E-state index in [9.17, 15) is 0 Å². The maximum absolute atomic E-state index is 6.39. The molecule has 4 heteroatoms. The molecule has 0 aromatic heterocycles. The van der Waals surface area contributed by atoms with E-state index >= 15 is 0 Å². The van der Waals surface area contributed by atoms with E-state index in [-0.39, 0.29) is 0 Å². The zero-order valence-corrected chi connectivity index (χ0v) is 14.3. The Labute approximate surface area is 138 Å². The van der Waals surface area contributed by atoms with Crippen LogP contribution in [-0.2, 0) is 11.2 Å². The highest BCUT2D eigenvalue weighted by molar-refractivity contribution is 6.42. The number of hydrogen-bond donors (Lipinski definition) is 1. The Morgan fingerprint density at radius 2 is 1.95 bits per heavy atom. The molecule has 1 fully saturated rings. The average molecular weight is 330 g/mol. The SMILES string of the molecule is COCCNCC1(Cc2cccc(Cl)c2Cl)CCCCC1. The van der Waals surface area contributed by atoms with Crippen LogP contribution < -0.4 is 5.32 Å². The number of methoxy groups -OCH3 is 1. The second-order valence-electron chi connectivity index (χ2n) is 6.12. The topological polar surface area (TPSA) is 21.3 Å². The van der Waals surface area contributed by atoms with Crippen LogP contribution >= 0.6 is 23.2 Å². The molecular weight excluding hydrogens is 305 g/mol. The molecule has 0 amide bonds. The minimum absolute atomic E-state index is 0.306. The van der Waals surface area contributed by atoms with Gasteiger partial charge in [-0.3, -0.25) is 0 Å². The average Bonchev–Trinajstić information content (AvgIpc) is 2.50. The normalized spacial score (nSPS) is 17.9. The highest BCUT2D eigenvalue weighted by Crippen LogP contribution is 2.41. The molecule has 0 bridgehead atoms. The molecule has 1 aromatic carbocycles. The lowest BCUT2D eigenvalue weighted by Gasteiger charge is -2.38. The van der Waals surface area contributed by atoms with Gasteiger partial charge in [-0.25, -0.2) is 0 Å². The maximum atomic E-state index is 6.39. The van der Waals surface area contributed by atoms with E-state index in [1.165, 1.54) is 37.7 Å². The van der Waals surface area contributed by atoms with Crippen molar-refractivity contribution in [3.63, 3.8) is 0 Å². The molecule has 1 aliphatic rings. The minimum atomic E-state index is 0.306. The van der Waals surface area contributed by atoms with Gasteiger partial charge in [0.1, 0.15) is 0 Å². The molecule has 1 saturated carbocycles. The Morgan fingerprint density at radius 1 is 1.19 bits per heavy atom. The number of halogens is 2. The van der Waals surface area contributed by atoms with Crippen molar-refractivity contribution in [3.05, 3.63) is 33.8 Å². The lowest BCUT2D eigenvalue weighted by atomic mass is 9.70. The summed E-state index contributed by atoms with van der Waals surface area (Å²) in [6.07, 6.45) is 7.50. The van der Waals surface area contributed by atoms with Gasteiger partial charge in [-0.15, -0.1) is 0 Å². The van der Waals surface area contributed by atoms with Gasteiger partial charge in [0, 0.05) is 20.2 Å². The van der Waals surface area contributed by atoms with Crippen LogP contribution in [0.4, 0.5) is 0 Å². The summed E-state index contributed by atoms with van der Waals surface area (Å²) in [4.78, 5) is 0.